The molecule has 1 fully saturated rings. The number of piperidine rings is 1. The third-order valence-corrected chi connectivity index (χ3v) is 2.85. The van der Waals surface area contributed by atoms with Crippen LogP contribution in [0.2, 0.25) is 0 Å². The lowest BCUT2D eigenvalue weighted by Gasteiger charge is -2.35. The Kier molecular flexibility index (Phi) is 3.91. The second-order valence-corrected chi connectivity index (χ2v) is 4.67. The smallest absolute Gasteiger partial charge is 0.0749 e. The van der Waals surface area contributed by atoms with Crippen LogP contribution in [0.5, 0.6) is 0 Å². The summed E-state index contributed by atoms with van der Waals surface area (Å²) in [5.41, 5.74) is -0.0999. The van der Waals surface area contributed by atoms with E-state index >= 15 is 0 Å². The van der Waals surface area contributed by atoms with Gasteiger partial charge < -0.3 is 4.74 Å². The van der Waals surface area contributed by atoms with E-state index in [1.165, 1.54) is 0 Å². The van der Waals surface area contributed by atoms with E-state index < -0.39 is 0 Å². The average Bonchev–Trinajstić information content (AvgIpc) is 2.17. The molecule has 1 heterocycles. The van der Waals surface area contributed by atoms with Gasteiger partial charge in [0.15, 0.2) is 0 Å². The first kappa shape index (κ1) is 11.5. The number of rotatable bonds is 3. The second kappa shape index (κ2) is 4.77. The monoisotopic (exact) mass is 196 g/mol. The van der Waals surface area contributed by atoms with Gasteiger partial charge >= 0.3 is 0 Å². The normalized spacial score (nSPS) is 24.6. The summed E-state index contributed by atoms with van der Waals surface area (Å²) in [5.74, 6) is 0.219. The van der Waals surface area contributed by atoms with Gasteiger partial charge in [-0.25, -0.2) is 0 Å². The number of methoxy groups -OCH3 is 1. The van der Waals surface area contributed by atoms with Crippen LogP contribution in [0.15, 0.2) is 0 Å². The maximum atomic E-state index is 8.86. The van der Waals surface area contributed by atoms with Crippen molar-refractivity contribution in [2.24, 2.45) is 5.92 Å². The fourth-order valence-corrected chi connectivity index (χ4v) is 1.91. The van der Waals surface area contributed by atoms with Crippen molar-refractivity contribution in [3.05, 3.63) is 0 Å². The van der Waals surface area contributed by atoms with E-state index in [0.717, 1.165) is 32.5 Å². The zero-order chi connectivity index (χ0) is 10.6. The molecule has 0 aromatic rings. The van der Waals surface area contributed by atoms with E-state index in [2.05, 4.69) is 24.8 Å². The van der Waals surface area contributed by atoms with Crippen molar-refractivity contribution in [3.8, 4) is 6.07 Å². The Balaban J connectivity index is 2.42. The first-order valence-corrected chi connectivity index (χ1v) is 5.24. The van der Waals surface area contributed by atoms with Crippen molar-refractivity contribution in [1.29, 1.82) is 5.26 Å². The number of hydrogen-bond donors (Lipinski definition) is 0. The van der Waals surface area contributed by atoms with Gasteiger partial charge in [-0.15, -0.1) is 0 Å². The van der Waals surface area contributed by atoms with E-state index in [1.807, 2.05) is 0 Å². The first-order valence-electron chi connectivity index (χ1n) is 5.24. The Morgan fingerprint density at radius 1 is 1.57 bits per heavy atom. The Morgan fingerprint density at radius 2 is 2.29 bits per heavy atom. The van der Waals surface area contributed by atoms with Crippen LogP contribution in [0.4, 0.5) is 0 Å². The molecule has 1 aliphatic heterocycles. The van der Waals surface area contributed by atoms with Gasteiger partial charge in [0.25, 0.3) is 0 Å². The second-order valence-electron chi connectivity index (χ2n) is 4.67. The molecule has 1 rings (SSSR count). The minimum atomic E-state index is -0.0999. The van der Waals surface area contributed by atoms with Crippen molar-refractivity contribution in [2.75, 3.05) is 26.7 Å². The summed E-state index contributed by atoms with van der Waals surface area (Å²) in [6.07, 6.45) is 2.19. The molecule has 0 spiro atoms. The summed E-state index contributed by atoms with van der Waals surface area (Å²) in [7, 11) is 1.74. The van der Waals surface area contributed by atoms with Crippen molar-refractivity contribution >= 4 is 0 Å². The van der Waals surface area contributed by atoms with Gasteiger partial charge in [0.1, 0.15) is 0 Å². The molecule has 0 aromatic heterocycles. The number of nitrogens with zero attached hydrogens (tertiary/aromatic N) is 2. The summed E-state index contributed by atoms with van der Waals surface area (Å²) in [4.78, 5) is 2.33. The molecule has 1 unspecified atom stereocenters. The quantitative estimate of drug-likeness (QED) is 0.688. The van der Waals surface area contributed by atoms with Crippen molar-refractivity contribution in [3.63, 3.8) is 0 Å². The number of nitriles is 1. The fraction of sp³-hybridized carbons (Fsp3) is 0.909. The first-order chi connectivity index (χ1) is 6.57. The third kappa shape index (κ3) is 3.28. The molecule has 80 valence electrons. The van der Waals surface area contributed by atoms with E-state index in [1.54, 1.807) is 7.11 Å². The molecular weight excluding hydrogens is 176 g/mol. The lowest BCUT2D eigenvalue weighted by atomic mass is 9.98. The molecule has 0 aliphatic carbocycles. The van der Waals surface area contributed by atoms with Crippen molar-refractivity contribution < 1.29 is 4.74 Å². The Labute approximate surface area is 86.6 Å². The van der Waals surface area contributed by atoms with E-state index in [0.29, 0.717) is 0 Å². The summed E-state index contributed by atoms with van der Waals surface area (Å²) < 4.78 is 5.38. The predicted octanol–water partition coefficient (Wildman–Crippen LogP) is 1.65. The van der Waals surface area contributed by atoms with Crippen LogP contribution in [0.1, 0.15) is 26.7 Å². The molecule has 1 aliphatic rings. The highest BCUT2D eigenvalue weighted by molar-refractivity contribution is 4.89. The molecule has 0 saturated carbocycles. The molecule has 1 saturated heterocycles. The van der Waals surface area contributed by atoms with Crippen LogP contribution < -0.4 is 0 Å². The molecule has 0 N–H and O–H groups in total. The minimum Gasteiger partial charge on any atom is -0.377 e. The topological polar surface area (TPSA) is 36.3 Å². The zero-order valence-electron chi connectivity index (χ0n) is 9.42. The van der Waals surface area contributed by atoms with Gasteiger partial charge in [0.05, 0.1) is 17.6 Å². The summed E-state index contributed by atoms with van der Waals surface area (Å²) in [6.45, 7) is 7.10. The van der Waals surface area contributed by atoms with Gasteiger partial charge in [0, 0.05) is 20.2 Å². The van der Waals surface area contributed by atoms with Gasteiger partial charge in [0.2, 0.25) is 0 Å². The summed E-state index contributed by atoms with van der Waals surface area (Å²) >= 11 is 0. The third-order valence-electron chi connectivity index (χ3n) is 2.85. The zero-order valence-corrected chi connectivity index (χ0v) is 9.42. The molecule has 0 bridgehead atoms. The lowest BCUT2D eigenvalue weighted by Crippen LogP contribution is -2.44. The molecule has 0 radical (unpaired) electrons. The molecule has 3 nitrogen and oxygen atoms in total. The molecule has 14 heavy (non-hydrogen) atoms. The predicted molar refractivity (Wildman–Crippen MR) is 55.9 cm³/mol. The van der Waals surface area contributed by atoms with Gasteiger partial charge in [-0.2, -0.15) is 5.26 Å². The van der Waals surface area contributed by atoms with E-state index in [9.17, 15) is 0 Å². The van der Waals surface area contributed by atoms with E-state index in [-0.39, 0.29) is 11.5 Å². The standard InChI is InChI=1S/C11H20N2O/c1-11(2,14-3)9-13-6-4-5-10(7-12)8-13/h10H,4-6,8-9H2,1-3H3. The summed E-state index contributed by atoms with van der Waals surface area (Å²) in [5, 5.41) is 8.86. The maximum Gasteiger partial charge on any atom is 0.0749 e. The SMILES string of the molecule is COC(C)(C)CN1CCCC(C#N)C1. The average molecular weight is 196 g/mol. The van der Waals surface area contributed by atoms with Crippen molar-refractivity contribution in [1.82, 2.24) is 4.90 Å². The van der Waals surface area contributed by atoms with Crippen molar-refractivity contribution in [2.45, 2.75) is 32.3 Å². The highest BCUT2D eigenvalue weighted by Crippen LogP contribution is 2.18. The highest BCUT2D eigenvalue weighted by Gasteiger charge is 2.25. The molecule has 1 atom stereocenters. The van der Waals surface area contributed by atoms with Crippen LogP contribution in [0, 0.1) is 17.2 Å². The Bertz CT molecular complexity index is 220. The minimum absolute atomic E-state index is 0.0999. The highest BCUT2D eigenvalue weighted by atomic mass is 16.5. The number of likely N-dealkylation sites (tertiary alicyclic amines) is 1. The molecule has 3 heteroatoms. The van der Waals surface area contributed by atoms with Crippen LogP contribution in [-0.2, 0) is 4.74 Å². The lowest BCUT2D eigenvalue weighted by molar-refractivity contribution is -0.0141. The molecular formula is C11H20N2O. The fourth-order valence-electron chi connectivity index (χ4n) is 1.91. The summed E-state index contributed by atoms with van der Waals surface area (Å²) in [6, 6.07) is 2.36. The van der Waals surface area contributed by atoms with Crippen LogP contribution >= 0.6 is 0 Å². The largest absolute Gasteiger partial charge is 0.377 e. The number of ether oxygens (including phenoxy) is 1. The van der Waals surface area contributed by atoms with Gasteiger partial charge in [-0.1, -0.05) is 0 Å². The number of hydrogen-bond acceptors (Lipinski definition) is 3. The maximum absolute atomic E-state index is 8.86. The van der Waals surface area contributed by atoms with Gasteiger partial charge in [-0.05, 0) is 33.2 Å². The van der Waals surface area contributed by atoms with Crippen LogP contribution in [0.3, 0.4) is 0 Å². The molecule has 0 aromatic carbocycles. The Hall–Kier alpha value is -0.590. The molecule has 0 amide bonds. The Morgan fingerprint density at radius 3 is 2.86 bits per heavy atom. The van der Waals surface area contributed by atoms with Gasteiger partial charge in [-0.3, -0.25) is 4.90 Å². The van der Waals surface area contributed by atoms with Crippen LogP contribution in [0.25, 0.3) is 0 Å². The van der Waals surface area contributed by atoms with Crippen LogP contribution in [-0.4, -0.2) is 37.2 Å². The van der Waals surface area contributed by atoms with E-state index in [4.69, 9.17) is 10.00 Å².